The molecule has 0 spiro atoms. The lowest BCUT2D eigenvalue weighted by Gasteiger charge is -2.10. The lowest BCUT2D eigenvalue weighted by molar-refractivity contribution is 0.214. The zero-order valence-corrected chi connectivity index (χ0v) is 10.9. The van der Waals surface area contributed by atoms with E-state index in [1.54, 1.807) is 6.08 Å². The van der Waals surface area contributed by atoms with Gasteiger partial charge in [-0.1, -0.05) is 51.2 Å². The molecule has 0 aliphatic carbocycles. The minimum Gasteiger partial charge on any atom is -0.389 e. The molecule has 0 rings (SSSR count). The summed E-state index contributed by atoms with van der Waals surface area (Å²) in [7, 11) is 0. The third kappa shape index (κ3) is 11.3. The van der Waals surface area contributed by atoms with Gasteiger partial charge in [-0.15, -0.1) is 6.58 Å². The van der Waals surface area contributed by atoms with Crippen LogP contribution in [0.25, 0.3) is 0 Å². The first-order chi connectivity index (χ1) is 7.45. The van der Waals surface area contributed by atoms with Gasteiger partial charge in [0, 0.05) is 0 Å². The predicted octanol–water partition coefficient (Wildman–Crippen LogP) is 4.25. The molecule has 0 aromatic carbocycles. The van der Waals surface area contributed by atoms with Gasteiger partial charge in [-0.3, -0.25) is 0 Å². The standard InChI is InChI=1S/C15H26O/c1-5-14(16)12-10-8-6-7-9-11-13-15(2,3)4/h5-6,8,11,13-14,16H,1,7,9-10,12H2,2-4H3. The van der Waals surface area contributed by atoms with E-state index in [-0.39, 0.29) is 11.5 Å². The Morgan fingerprint density at radius 2 is 1.62 bits per heavy atom. The smallest absolute Gasteiger partial charge is 0.0721 e. The zero-order valence-electron chi connectivity index (χ0n) is 10.9. The summed E-state index contributed by atoms with van der Waals surface area (Å²) in [6.45, 7) is 10.2. The monoisotopic (exact) mass is 222 g/mol. The minimum absolute atomic E-state index is 0.289. The van der Waals surface area contributed by atoms with Crippen LogP contribution in [0.2, 0.25) is 0 Å². The first-order valence-electron chi connectivity index (χ1n) is 6.09. The molecule has 0 aliphatic rings. The molecule has 92 valence electrons. The fourth-order valence-electron chi connectivity index (χ4n) is 1.25. The van der Waals surface area contributed by atoms with E-state index < -0.39 is 0 Å². The van der Waals surface area contributed by atoms with E-state index in [4.69, 9.17) is 0 Å². The maximum Gasteiger partial charge on any atom is 0.0721 e. The molecule has 0 aromatic heterocycles. The fraction of sp³-hybridized carbons (Fsp3) is 0.600. The summed E-state index contributed by atoms with van der Waals surface area (Å²) in [4.78, 5) is 0. The average molecular weight is 222 g/mol. The van der Waals surface area contributed by atoms with Gasteiger partial charge in [0.15, 0.2) is 0 Å². The lowest BCUT2D eigenvalue weighted by atomic mass is 9.96. The molecule has 0 amide bonds. The van der Waals surface area contributed by atoms with Gasteiger partial charge in [-0.05, 0) is 31.1 Å². The van der Waals surface area contributed by atoms with Gasteiger partial charge >= 0.3 is 0 Å². The Morgan fingerprint density at radius 1 is 1.06 bits per heavy atom. The Morgan fingerprint density at radius 3 is 2.19 bits per heavy atom. The summed E-state index contributed by atoms with van der Waals surface area (Å²) < 4.78 is 0. The Labute approximate surface area is 101 Å². The molecule has 16 heavy (non-hydrogen) atoms. The molecule has 1 heteroatoms. The van der Waals surface area contributed by atoms with E-state index in [1.807, 2.05) is 0 Å². The van der Waals surface area contributed by atoms with Gasteiger partial charge in [-0.25, -0.2) is 0 Å². The SMILES string of the molecule is C=CC(O)CCC=CCCC=CC(C)(C)C. The quantitative estimate of drug-likeness (QED) is 0.504. The van der Waals surface area contributed by atoms with E-state index in [2.05, 4.69) is 51.7 Å². The molecule has 0 bridgehead atoms. The van der Waals surface area contributed by atoms with E-state index in [0.29, 0.717) is 0 Å². The molecule has 0 fully saturated rings. The molecule has 1 unspecified atom stereocenters. The molecule has 0 saturated heterocycles. The summed E-state index contributed by atoms with van der Waals surface area (Å²) >= 11 is 0. The summed E-state index contributed by atoms with van der Waals surface area (Å²) in [6, 6.07) is 0. The number of allylic oxidation sites excluding steroid dienone is 4. The highest BCUT2D eigenvalue weighted by molar-refractivity contribution is 4.94. The van der Waals surface area contributed by atoms with Crippen LogP contribution in [0.15, 0.2) is 37.0 Å². The van der Waals surface area contributed by atoms with E-state index in [1.165, 1.54) is 0 Å². The summed E-state index contributed by atoms with van der Waals surface area (Å²) in [5, 5.41) is 9.23. The third-order valence-electron chi connectivity index (χ3n) is 2.19. The second-order valence-electron chi connectivity index (χ2n) is 5.20. The maximum atomic E-state index is 9.23. The van der Waals surface area contributed by atoms with Crippen molar-refractivity contribution in [3.63, 3.8) is 0 Å². The van der Waals surface area contributed by atoms with Crippen molar-refractivity contribution in [3.05, 3.63) is 37.0 Å². The number of hydrogen-bond donors (Lipinski definition) is 1. The molecule has 1 nitrogen and oxygen atoms in total. The molecule has 1 atom stereocenters. The van der Waals surface area contributed by atoms with Crippen LogP contribution in [0.1, 0.15) is 46.5 Å². The molecule has 0 aromatic rings. The second kappa shape index (κ2) is 8.35. The number of hydrogen-bond acceptors (Lipinski definition) is 1. The maximum absolute atomic E-state index is 9.23. The fourth-order valence-corrected chi connectivity index (χ4v) is 1.25. The van der Waals surface area contributed by atoms with Crippen molar-refractivity contribution in [2.75, 3.05) is 0 Å². The van der Waals surface area contributed by atoms with E-state index in [9.17, 15) is 5.11 Å². The van der Waals surface area contributed by atoms with Crippen molar-refractivity contribution >= 4 is 0 Å². The van der Waals surface area contributed by atoms with Crippen LogP contribution >= 0.6 is 0 Å². The second-order valence-corrected chi connectivity index (χ2v) is 5.20. The number of rotatable bonds is 7. The van der Waals surface area contributed by atoms with Gasteiger partial charge in [0.05, 0.1) is 6.10 Å². The van der Waals surface area contributed by atoms with Gasteiger partial charge < -0.3 is 5.11 Å². The lowest BCUT2D eigenvalue weighted by Crippen LogP contribution is -1.99. The minimum atomic E-state index is -0.356. The molecular formula is C15H26O. The van der Waals surface area contributed by atoms with Crippen LogP contribution < -0.4 is 0 Å². The van der Waals surface area contributed by atoms with E-state index >= 15 is 0 Å². The largest absolute Gasteiger partial charge is 0.389 e. The predicted molar refractivity (Wildman–Crippen MR) is 72.4 cm³/mol. The number of aliphatic hydroxyl groups is 1. The van der Waals surface area contributed by atoms with Gasteiger partial charge in [0.2, 0.25) is 0 Å². The van der Waals surface area contributed by atoms with Gasteiger partial charge in [0.1, 0.15) is 0 Å². The first-order valence-corrected chi connectivity index (χ1v) is 6.09. The van der Waals surface area contributed by atoms with Crippen molar-refractivity contribution in [2.45, 2.75) is 52.6 Å². The topological polar surface area (TPSA) is 20.2 Å². The Hall–Kier alpha value is -0.820. The van der Waals surface area contributed by atoms with Crippen LogP contribution in [0, 0.1) is 5.41 Å². The molecular weight excluding hydrogens is 196 g/mol. The summed E-state index contributed by atoms with van der Waals surface area (Å²) in [6.07, 6.45) is 13.9. The normalized spacial score (nSPS) is 14.8. The van der Waals surface area contributed by atoms with Gasteiger partial charge in [0.25, 0.3) is 0 Å². The van der Waals surface area contributed by atoms with Crippen molar-refractivity contribution in [3.8, 4) is 0 Å². The Bertz CT molecular complexity index is 230. The van der Waals surface area contributed by atoms with Crippen molar-refractivity contribution in [1.29, 1.82) is 0 Å². The number of unbranched alkanes of at least 4 members (excludes halogenated alkanes) is 1. The average Bonchev–Trinajstić information content (AvgIpc) is 2.20. The van der Waals surface area contributed by atoms with Crippen LogP contribution in [0.5, 0.6) is 0 Å². The van der Waals surface area contributed by atoms with Crippen LogP contribution in [-0.2, 0) is 0 Å². The Kier molecular flexibility index (Phi) is 7.92. The van der Waals surface area contributed by atoms with Crippen LogP contribution in [0.4, 0.5) is 0 Å². The van der Waals surface area contributed by atoms with Crippen molar-refractivity contribution in [2.24, 2.45) is 5.41 Å². The van der Waals surface area contributed by atoms with Crippen LogP contribution in [-0.4, -0.2) is 11.2 Å². The molecule has 0 saturated carbocycles. The highest BCUT2D eigenvalue weighted by Gasteiger charge is 2.02. The summed E-state index contributed by atoms with van der Waals surface area (Å²) in [5.41, 5.74) is 0.289. The third-order valence-corrected chi connectivity index (χ3v) is 2.19. The highest BCUT2D eigenvalue weighted by Crippen LogP contribution is 2.15. The number of aliphatic hydroxyl groups excluding tert-OH is 1. The zero-order chi connectivity index (χ0) is 12.4. The van der Waals surface area contributed by atoms with Crippen LogP contribution in [0.3, 0.4) is 0 Å². The van der Waals surface area contributed by atoms with Crippen molar-refractivity contribution < 1.29 is 5.11 Å². The molecule has 1 N–H and O–H groups in total. The van der Waals surface area contributed by atoms with Crippen molar-refractivity contribution in [1.82, 2.24) is 0 Å². The van der Waals surface area contributed by atoms with E-state index in [0.717, 1.165) is 25.7 Å². The molecule has 0 aliphatic heterocycles. The van der Waals surface area contributed by atoms with Gasteiger partial charge in [-0.2, -0.15) is 0 Å². The summed E-state index contributed by atoms with van der Waals surface area (Å²) in [5.74, 6) is 0. The molecule has 0 radical (unpaired) electrons. The highest BCUT2D eigenvalue weighted by atomic mass is 16.3. The first kappa shape index (κ1) is 15.2. The Balaban J connectivity index is 3.48. The molecule has 0 heterocycles.